The molecule has 0 aromatic heterocycles. The summed E-state index contributed by atoms with van der Waals surface area (Å²) in [6.07, 6.45) is 2.17. The average molecular weight is 340 g/mol. The fourth-order valence-corrected chi connectivity index (χ4v) is 4.30. The summed E-state index contributed by atoms with van der Waals surface area (Å²) in [6.45, 7) is 0. The Morgan fingerprint density at radius 3 is 2.78 bits per heavy atom. The number of ether oxygens (including phenoxy) is 2. The zero-order chi connectivity index (χ0) is 16.9. The van der Waals surface area contributed by atoms with Gasteiger partial charge in [0.2, 0.25) is 5.91 Å². The fourth-order valence-electron chi connectivity index (χ4n) is 2.44. The largest absolute Gasteiger partial charge is 0.497 e. The van der Waals surface area contributed by atoms with E-state index in [1.54, 1.807) is 25.3 Å². The van der Waals surface area contributed by atoms with Gasteiger partial charge in [-0.1, -0.05) is 0 Å². The Balaban J connectivity index is 1.90. The number of hydrogen-bond donors (Lipinski definition) is 1. The van der Waals surface area contributed by atoms with Gasteiger partial charge in [0.25, 0.3) is 0 Å². The van der Waals surface area contributed by atoms with Crippen molar-refractivity contribution in [2.24, 2.45) is 11.0 Å². The molecule has 1 atom stereocenters. The van der Waals surface area contributed by atoms with Gasteiger partial charge in [0.1, 0.15) is 11.5 Å². The smallest absolute Gasteiger partial charge is 0.240 e. The molecule has 1 fully saturated rings. The molecule has 1 aliphatic heterocycles. The second-order valence-electron chi connectivity index (χ2n) is 5.37. The lowest BCUT2D eigenvalue weighted by Crippen LogP contribution is -2.21. The summed E-state index contributed by atoms with van der Waals surface area (Å²) < 4.78 is 33.0. The summed E-state index contributed by atoms with van der Waals surface area (Å²) in [6, 6.07) is 5.23. The van der Waals surface area contributed by atoms with Crippen molar-refractivity contribution in [2.75, 3.05) is 25.7 Å². The monoisotopic (exact) mass is 340 g/mol. The number of hydrazone groups is 1. The van der Waals surface area contributed by atoms with Crippen LogP contribution in [0.1, 0.15) is 18.4 Å². The van der Waals surface area contributed by atoms with Crippen molar-refractivity contribution in [2.45, 2.75) is 12.8 Å². The predicted molar refractivity (Wildman–Crippen MR) is 86.7 cm³/mol. The summed E-state index contributed by atoms with van der Waals surface area (Å²) in [4.78, 5) is 11.8. The lowest BCUT2D eigenvalue weighted by molar-refractivity contribution is -0.121. The fraction of sp³-hybridized carbons (Fsp3) is 0.467. The number of benzene rings is 1. The van der Waals surface area contributed by atoms with E-state index in [-0.39, 0.29) is 29.8 Å². The van der Waals surface area contributed by atoms with Crippen molar-refractivity contribution in [1.29, 1.82) is 0 Å². The summed E-state index contributed by atoms with van der Waals surface area (Å²) in [7, 11) is 0.127. The van der Waals surface area contributed by atoms with Crippen molar-refractivity contribution in [3.63, 3.8) is 0 Å². The first kappa shape index (κ1) is 17.3. The van der Waals surface area contributed by atoms with Gasteiger partial charge in [-0.25, -0.2) is 13.8 Å². The van der Waals surface area contributed by atoms with Gasteiger partial charge in [0.15, 0.2) is 9.84 Å². The van der Waals surface area contributed by atoms with Gasteiger partial charge < -0.3 is 9.47 Å². The second kappa shape index (κ2) is 7.45. The molecular weight excluding hydrogens is 320 g/mol. The molecular formula is C15H20N2O5S. The molecule has 1 aromatic carbocycles. The number of rotatable bonds is 6. The molecule has 126 valence electrons. The van der Waals surface area contributed by atoms with Crippen LogP contribution < -0.4 is 14.9 Å². The maximum atomic E-state index is 11.8. The third kappa shape index (κ3) is 4.95. The third-order valence-electron chi connectivity index (χ3n) is 3.63. The normalized spacial score (nSPS) is 19.7. The zero-order valence-corrected chi connectivity index (χ0v) is 13.9. The minimum atomic E-state index is -2.97. The Morgan fingerprint density at radius 2 is 2.17 bits per heavy atom. The molecule has 0 unspecified atom stereocenters. The first-order chi connectivity index (χ1) is 10.9. The lowest BCUT2D eigenvalue weighted by Gasteiger charge is -2.07. The van der Waals surface area contributed by atoms with Crippen LogP contribution in [-0.2, 0) is 14.6 Å². The van der Waals surface area contributed by atoms with Crippen molar-refractivity contribution >= 4 is 22.0 Å². The minimum absolute atomic E-state index is 0.0798. The quantitative estimate of drug-likeness (QED) is 0.615. The number of hydrogen-bond acceptors (Lipinski definition) is 6. The van der Waals surface area contributed by atoms with E-state index in [0.29, 0.717) is 23.5 Å². The molecule has 1 aliphatic rings. The molecule has 1 aromatic rings. The highest BCUT2D eigenvalue weighted by molar-refractivity contribution is 7.91. The molecule has 1 amide bonds. The number of carbonyl (C=O) groups excluding carboxylic acids is 1. The second-order valence-corrected chi connectivity index (χ2v) is 7.60. The van der Waals surface area contributed by atoms with E-state index in [9.17, 15) is 13.2 Å². The molecule has 0 aliphatic carbocycles. The standard InChI is InChI=1S/C15H20N2O5S/c1-21-13-4-3-12(14(8-13)22-2)9-16-17-15(18)7-11-5-6-23(19,20)10-11/h3-4,8-9,11H,5-7,10H2,1-2H3,(H,17,18)/b16-9-/t11-/m1/s1. The number of sulfone groups is 1. The highest BCUT2D eigenvalue weighted by Crippen LogP contribution is 2.23. The molecule has 2 rings (SSSR count). The third-order valence-corrected chi connectivity index (χ3v) is 5.47. The molecule has 8 heteroatoms. The van der Waals surface area contributed by atoms with Gasteiger partial charge in [-0.2, -0.15) is 5.10 Å². The van der Waals surface area contributed by atoms with E-state index in [4.69, 9.17) is 9.47 Å². The molecule has 7 nitrogen and oxygen atoms in total. The lowest BCUT2D eigenvalue weighted by atomic mass is 10.1. The van der Waals surface area contributed by atoms with Crippen LogP contribution in [-0.4, -0.2) is 46.3 Å². The van der Waals surface area contributed by atoms with Crippen molar-refractivity contribution in [1.82, 2.24) is 5.43 Å². The summed E-state index contributed by atoms with van der Waals surface area (Å²) in [5.41, 5.74) is 3.11. The van der Waals surface area contributed by atoms with Crippen LogP contribution in [0.4, 0.5) is 0 Å². The van der Waals surface area contributed by atoms with Crippen LogP contribution in [0.15, 0.2) is 23.3 Å². The number of nitrogens with zero attached hydrogens (tertiary/aromatic N) is 1. The van der Waals surface area contributed by atoms with E-state index in [1.807, 2.05) is 0 Å². The van der Waals surface area contributed by atoms with Crippen LogP contribution >= 0.6 is 0 Å². The molecule has 1 heterocycles. The van der Waals surface area contributed by atoms with Gasteiger partial charge in [0, 0.05) is 18.1 Å². The zero-order valence-electron chi connectivity index (χ0n) is 13.1. The van der Waals surface area contributed by atoms with Gasteiger partial charge in [0.05, 0.1) is 31.9 Å². The number of carbonyl (C=O) groups is 1. The van der Waals surface area contributed by atoms with Gasteiger partial charge in [-0.15, -0.1) is 0 Å². The topological polar surface area (TPSA) is 94.1 Å². The Bertz CT molecular complexity index is 700. The van der Waals surface area contributed by atoms with Crippen molar-refractivity contribution in [3.05, 3.63) is 23.8 Å². The van der Waals surface area contributed by atoms with Crippen LogP contribution in [0.3, 0.4) is 0 Å². The minimum Gasteiger partial charge on any atom is -0.497 e. The first-order valence-corrected chi connectivity index (χ1v) is 9.00. The van der Waals surface area contributed by atoms with Crippen LogP contribution in [0.25, 0.3) is 0 Å². The van der Waals surface area contributed by atoms with Gasteiger partial charge >= 0.3 is 0 Å². The summed E-state index contributed by atoms with van der Waals surface area (Å²) >= 11 is 0. The summed E-state index contributed by atoms with van der Waals surface area (Å²) in [5, 5.41) is 3.89. The molecule has 0 bridgehead atoms. The molecule has 23 heavy (non-hydrogen) atoms. The van der Waals surface area contributed by atoms with Crippen molar-refractivity contribution < 1.29 is 22.7 Å². The first-order valence-electron chi connectivity index (χ1n) is 7.18. The van der Waals surface area contributed by atoms with E-state index < -0.39 is 9.84 Å². The van der Waals surface area contributed by atoms with E-state index in [1.165, 1.54) is 13.3 Å². The molecule has 0 radical (unpaired) electrons. The van der Waals surface area contributed by atoms with E-state index in [0.717, 1.165) is 0 Å². The Kier molecular flexibility index (Phi) is 5.59. The molecule has 1 N–H and O–H groups in total. The van der Waals surface area contributed by atoms with E-state index in [2.05, 4.69) is 10.5 Å². The Hall–Kier alpha value is -2.09. The Labute approximate surface area is 135 Å². The highest BCUT2D eigenvalue weighted by Gasteiger charge is 2.29. The number of amides is 1. The molecule has 0 saturated carbocycles. The predicted octanol–water partition coefficient (Wildman–Crippen LogP) is 0.979. The average Bonchev–Trinajstić information content (AvgIpc) is 2.86. The van der Waals surface area contributed by atoms with E-state index >= 15 is 0 Å². The maximum absolute atomic E-state index is 11.8. The maximum Gasteiger partial charge on any atom is 0.240 e. The van der Waals surface area contributed by atoms with Crippen LogP contribution in [0.5, 0.6) is 11.5 Å². The molecule has 0 spiro atoms. The van der Waals surface area contributed by atoms with Gasteiger partial charge in [-0.3, -0.25) is 4.79 Å². The Morgan fingerprint density at radius 1 is 1.39 bits per heavy atom. The number of nitrogens with one attached hydrogen (secondary N) is 1. The van der Waals surface area contributed by atoms with Crippen molar-refractivity contribution in [3.8, 4) is 11.5 Å². The number of methoxy groups -OCH3 is 2. The summed E-state index contributed by atoms with van der Waals surface area (Å²) in [5.74, 6) is 1.06. The van der Waals surface area contributed by atoms with Crippen LogP contribution in [0, 0.1) is 5.92 Å². The van der Waals surface area contributed by atoms with Crippen LogP contribution in [0.2, 0.25) is 0 Å². The SMILES string of the molecule is COc1ccc(/C=N\NC(=O)C[C@H]2CCS(=O)(=O)C2)c(OC)c1. The highest BCUT2D eigenvalue weighted by atomic mass is 32.2. The molecule has 1 saturated heterocycles. The van der Waals surface area contributed by atoms with Gasteiger partial charge in [-0.05, 0) is 24.5 Å².